The number of ether oxygens (including phenoxy) is 2. The Hall–Kier alpha value is -2.29. The van der Waals surface area contributed by atoms with Gasteiger partial charge in [0.1, 0.15) is 12.2 Å². The second kappa shape index (κ2) is 10.1. The third-order valence-electron chi connectivity index (χ3n) is 5.46. The van der Waals surface area contributed by atoms with Crippen LogP contribution in [0, 0.1) is 0 Å². The summed E-state index contributed by atoms with van der Waals surface area (Å²) in [7, 11) is 0. The first-order valence-corrected chi connectivity index (χ1v) is 11.3. The second-order valence-electron chi connectivity index (χ2n) is 7.77. The van der Waals surface area contributed by atoms with E-state index in [1.165, 1.54) is 4.88 Å². The van der Waals surface area contributed by atoms with Gasteiger partial charge in [0.25, 0.3) is 0 Å². The Kier molecular flexibility index (Phi) is 7.09. The minimum Gasteiger partial charge on any atom is -0.371 e. The standard InChI is InChI=1S/C22H27N3O4S/c26-21(11-16-6-8-23-9-7-16)24-17-14-28-19-12-25(13-20(19)29-15-17)22(27)5-1-3-18-4-2-10-30-18/h2,4,6-10,17,19-20H,1,3,5,11-15H2,(H,24,26)/t19-,20-/m0/s1. The van der Waals surface area contributed by atoms with E-state index in [1.54, 1.807) is 23.7 Å². The number of nitrogens with one attached hydrogen (secondary N) is 1. The number of rotatable bonds is 7. The topological polar surface area (TPSA) is 80.8 Å². The van der Waals surface area contributed by atoms with Gasteiger partial charge < -0.3 is 19.7 Å². The largest absolute Gasteiger partial charge is 0.371 e. The molecule has 2 aliphatic rings. The summed E-state index contributed by atoms with van der Waals surface area (Å²) in [5, 5.41) is 5.05. The van der Waals surface area contributed by atoms with Crippen molar-refractivity contribution in [1.82, 2.24) is 15.2 Å². The number of hydrogen-bond acceptors (Lipinski definition) is 6. The minimum absolute atomic E-state index is 0.0620. The van der Waals surface area contributed by atoms with E-state index in [9.17, 15) is 9.59 Å². The molecule has 2 atom stereocenters. The Morgan fingerprint density at radius 1 is 1.13 bits per heavy atom. The quantitative estimate of drug-likeness (QED) is 0.726. The van der Waals surface area contributed by atoms with Gasteiger partial charge in [0.2, 0.25) is 11.8 Å². The normalized spacial score (nSPS) is 21.8. The highest BCUT2D eigenvalue weighted by Gasteiger charge is 2.39. The Bertz CT molecular complexity index is 814. The maximum absolute atomic E-state index is 12.5. The summed E-state index contributed by atoms with van der Waals surface area (Å²) in [4.78, 5) is 31.9. The van der Waals surface area contributed by atoms with Gasteiger partial charge in [-0.1, -0.05) is 6.07 Å². The van der Waals surface area contributed by atoms with Gasteiger partial charge in [0.05, 0.1) is 25.7 Å². The minimum atomic E-state index is -0.181. The summed E-state index contributed by atoms with van der Waals surface area (Å²) in [5.41, 5.74) is 0.920. The lowest BCUT2D eigenvalue weighted by atomic mass is 10.2. The van der Waals surface area contributed by atoms with Crippen LogP contribution >= 0.6 is 11.3 Å². The molecule has 0 spiro atoms. The first-order valence-electron chi connectivity index (χ1n) is 10.4. The number of hydrogen-bond donors (Lipinski definition) is 1. The molecule has 4 heterocycles. The summed E-state index contributed by atoms with van der Waals surface area (Å²) >= 11 is 1.73. The fourth-order valence-corrected chi connectivity index (χ4v) is 4.62. The summed E-state index contributed by atoms with van der Waals surface area (Å²) in [6.45, 7) is 1.90. The number of fused-ring (bicyclic) bond motifs is 1. The van der Waals surface area contributed by atoms with E-state index >= 15 is 0 Å². The first-order chi connectivity index (χ1) is 14.7. The average molecular weight is 430 g/mol. The summed E-state index contributed by atoms with van der Waals surface area (Å²) < 4.78 is 12.0. The van der Waals surface area contributed by atoms with E-state index in [1.807, 2.05) is 23.1 Å². The molecule has 0 aromatic carbocycles. The predicted octanol–water partition coefficient (Wildman–Crippen LogP) is 1.82. The molecule has 0 unspecified atom stereocenters. The number of pyridine rings is 1. The van der Waals surface area contributed by atoms with Crippen LogP contribution in [-0.4, -0.2) is 66.3 Å². The Morgan fingerprint density at radius 3 is 2.53 bits per heavy atom. The van der Waals surface area contributed by atoms with E-state index in [2.05, 4.69) is 21.7 Å². The Labute approximate surface area is 180 Å². The van der Waals surface area contributed by atoms with E-state index in [0.717, 1.165) is 18.4 Å². The van der Waals surface area contributed by atoms with Gasteiger partial charge in [-0.15, -0.1) is 11.3 Å². The van der Waals surface area contributed by atoms with Crippen molar-refractivity contribution in [1.29, 1.82) is 0 Å². The number of aromatic nitrogens is 1. The lowest BCUT2D eigenvalue weighted by Crippen LogP contribution is -2.42. The summed E-state index contributed by atoms with van der Waals surface area (Å²) in [5.74, 6) is 0.0991. The lowest BCUT2D eigenvalue weighted by Gasteiger charge is -2.19. The number of carbonyl (C=O) groups is 2. The number of amides is 2. The van der Waals surface area contributed by atoms with Gasteiger partial charge in [-0.3, -0.25) is 14.6 Å². The van der Waals surface area contributed by atoms with Crippen LogP contribution in [-0.2, 0) is 31.9 Å². The highest BCUT2D eigenvalue weighted by Crippen LogP contribution is 2.22. The molecule has 8 heteroatoms. The van der Waals surface area contributed by atoms with Gasteiger partial charge in [0.15, 0.2) is 0 Å². The van der Waals surface area contributed by atoms with Crippen molar-refractivity contribution in [3.63, 3.8) is 0 Å². The molecule has 2 aromatic heterocycles. The maximum Gasteiger partial charge on any atom is 0.224 e. The third kappa shape index (κ3) is 5.65. The molecule has 2 amide bonds. The highest BCUT2D eigenvalue weighted by atomic mass is 32.1. The van der Waals surface area contributed by atoms with E-state index in [0.29, 0.717) is 39.1 Å². The van der Waals surface area contributed by atoms with Crippen molar-refractivity contribution in [2.45, 2.75) is 43.9 Å². The monoisotopic (exact) mass is 429 g/mol. The van der Waals surface area contributed by atoms with Crippen LogP contribution < -0.4 is 5.32 Å². The lowest BCUT2D eigenvalue weighted by molar-refractivity contribution is -0.131. The zero-order valence-corrected chi connectivity index (χ0v) is 17.7. The zero-order chi connectivity index (χ0) is 20.8. The molecule has 4 rings (SSSR count). The molecule has 2 aliphatic heterocycles. The second-order valence-corrected chi connectivity index (χ2v) is 8.80. The molecule has 0 saturated carbocycles. The molecule has 2 saturated heterocycles. The first kappa shape index (κ1) is 21.0. The summed E-state index contributed by atoms with van der Waals surface area (Å²) in [6.07, 6.45) is 5.75. The van der Waals surface area contributed by atoms with Gasteiger partial charge in [-0.05, 0) is 42.0 Å². The molecule has 7 nitrogen and oxygen atoms in total. The molecule has 0 radical (unpaired) electrons. The van der Waals surface area contributed by atoms with Crippen LogP contribution in [0.15, 0.2) is 42.0 Å². The van der Waals surface area contributed by atoms with Gasteiger partial charge in [-0.2, -0.15) is 0 Å². The van der Waals surface area contributed by atoms with Crippen LogP contribution in [0.25, 0.3) is 0 Å². The van der Waals surface area contributed by atoms with Crippen molar-refractivity contribution in [3.05, 3.63) is 52.5 Å². The smallest absolute Gasteiger partial charge is 0.224 e. The molecule has 2 fully saturated rings. The average Bonchev–Trinajstić information content (AvgIpc) is 3.37. The Morgan fingerprint density at radius 2 is 1.87 bits per heavy atom. The number of aryl methyl sites for hydroxylation is 1. The van der Waals surface area contributed by atoms with Gasteiger partial charge >= 0.3 is 0 Å². The maximum atomic E-state index is 12.5. The van der Waals surface area contributed by atoms with Crippen molar-refractivity contribution < 1.29 is 19.1 Å². The molecule has 160 valence electrons. The highest BCUT2D eigenvalue weighted by molar-refractivity contribution is 7.09. The molecular weight excluding hydrogens is 402 g/mol. The number of nitrogens with zero attached hydrogens (tertiary/aromatic N) is 2. The van der Waals surface area contributed by atoms with Gasteiger partial charge in [-0.25, -0.2) is 0 Å². The van der Waals surface area contributed by atoms with E-state index in [-0.39, 0.29) is 30.1 Å². The van der Waals surface area contributed by atoms with Crippen LogP contribution in [0.1, 0.15) is 23.3 Å². The molecule has 2 aromatic rings. The fourth-order valence-electron chi connectivity index (χ4n) is 3.87. The van der Waals surface area contributed by atoms with Crippen LogP contribution in [0.3, 0.4) is 0 Å². The zero-order valence-electron chi connectivity index (χ0n) is 16.9. The van der Waals surface area contributed by atoms with E-state index in [4.69, 9.17) is 9.47 Å². The Balaban J connectivity index is 1.19. The van der Waals surface area contributed by atoms with Crippen LogP contribution in [0.5, 0.6) is 0 Å². The molecule has 0 aliphatic carbocycles. The molecular formula is C22H27N3O4S. The number of thiophene rings is 1. The third-order valence-corrected chi connectivity index (χ3v) is 6.40. The summed E-state index contributed by atoms with van der Waals surface area (Å²) in [6, 6.07) is 7.63. The van der Waals surface area contributed by atoms with E-state index < -0.39 is 0 Å². The van der Waals surface area contributed by atoms with Gasteiger partial charge in [0, 0.05) is 36.8 Å². The van der Waals surface area contributed by atoms with Crippen molar-refractivity contribution >= 4 is 23.2 Å². The van der Waals surface area contributed by atoms with Crippen molar-refractivity contribution in [3.8, 4) is 0 Å². The van der Waals surface area contributed by atoms with Crippen molar-refractivity contribution in [2.24, 2.45) is 0 Å². The molecule has 0 bridgehead atoms. The van der Waals surface area contributed by atoms with Crippen LogP contribution in [0.4, 0.5) is 0 Å². The molecule has 1 N–H and O–H groups in total. The van der Waals surface area contributed by atoms with Crippen molar-refractivity contribution in [2.75, 3.05) is 26.3 Å². The SMILES string of the molecule is O=C(Cc1ccncc1)NC1CO[C@H]2CN(C(=O)CCCc3cccs3)C[C@@H]2OC1. The fraction of sp³-hybridized carbons (Fsp3) is 0.500. The van der Waals surface area contributed by atoms with Crippen LogP contribution in [0.2, 0.25) is 0 Å². The number of likely N-dealkylation sites (tertiary alicyclic amines) is 1. The molecule has 30 heavy (non-hydrogen) atoms. The predicted molar refractivity (Wildman–Crippen MR) is 113 cm³/mol. The number of carbonyl (C=O) groups excluding carboxylic acids is 2.